The zero-order valence-electron chi connectivity index (χ0n) is 7.64. The maximum Gasteiger partial charge on any atom is 0.109 e. The zero-order valence-corrected chi connectivity index (χ0v) is 7.64. The van der Waals surface area contributed by atoms with Gasteiger partial charge in [-0.1, -0.05) is 19.4 Å². The molecule has 0 heterocycles. The molecule has 2 atom stereocenters. The van der Waals surface area contributed by atoms with Crippen molar-refractivity contribution in [3.63, 3.8) is 0 Å². The quantitative estimate of drug-likeness (QED) is 0.646. The lowest BCUT2D eigenvalue weighted by Gasteiger charge is -2.26. The topological polar surface area (TPSA) is 35.8 Å². The van der Waals surface area contributed by atoms with Crippen LogP contribution in [0.3, 0.4) is 0 Å². The molecule has 0 aromatic carbocycles. The molecular weight excluding hydrogens is 148 g/mol. The summed E-state index contributed by atoms with van der Waals surface area (Å²) < 4.78 is 0. The molecule has 0 aliphatic heterocycles. The van der Waals surface area contributed by atoms with Gasteiger partial charge < -0.3 is 0 Å². The van der Waals surface area contributed by atoms with Gasteiger partial charge in [0.25, 0.3) is 0 Å². The Morgan fingerprint density at radius 3 is 3.00 bits per heavy atom. The summed E-state index contributed by atoms with van der Waals surface area (Å²) in [5.41, 5.74) is -0.270. The molecule has 0 aromatic heterocycles. The zero-order chi connectivity index (χ0) is 9.03. The highest BCUT2D eigenvalue weighted by Crippen LogP contribution is 2.34. The molecular formula is C10H16N2. The molecule has 0 radical (unpaired) electrons. The second kappa shape index (κ2) is 3.73. The molecule has 12 heavy (non-hydrogen) atoms. The maximum atomic E-state index is 9.07. The minimum absolute atomic E-state index is 0.270. The summed E-state index contributed by atoms with van der Waals surface area (Å²) in [4.78, 5) is 0. The van der Waals surface area contributed by atoms with Crippen molar-refractivity contribution in [3.8, 4) is 6.07 Å². The summed E-state index contributed by atoms with van der Waals surface area (Å²) >= 11 is 0. The minimum atomic E-state index is -0.270. The third-order valence-corrected chi connectivity index (χ3v) is 2.81. The van der Waals surface area contributed by atoms with Crippen molar-refractivity contribution in [3.05, 3.63) is 12.7 Å². The molecule has 0 amide bonds. The summed E-state index contributed by atoms with van der Waals surface area (Å²) in [5.74, 6) is 0.474. The van der Waals surface area contributed by atoms with Crippen LogP contribution in [0, 0.1) is 17.2 Å². The Kier molecular flexibility index (Phi) is 2.88. The van der Waals surface area contributed by atoms with Gasteiger partial charge in [-0.2, -0.15) is 5.26 Å². The van der Waals surface area contributed by atoms with Crippen molar-refractivity contribution in [2.45, 2.75) is 31.7 Å². The van der Waals surface area contributed by atoms with Gasteiger partial charge in [-0.15, -0.1) is 6.58 Å². The molecule has 1 saturated carbocycles. The van der Waals surface area contributed by atoms with E-state index in [2.05, 4.69) is 24.9 Å². The van der Waals surface area contributed by atoms with Gasteiger partial charge in [-0.05, 0) is 18.8 Å². The Hall–Kier alpha value is -0.810. The summed E-state index contributed by atoms with van der Waals surface area (Å²) in [6.45, 7) is 6.52. The highest BCUT2D eigenvalue weighted by Gasteiger charge is 2.39. The Labute approximate surface area is 74.3 Å². The molecule has 0 saturated heterocycles. The van der Waals surface area contributed by atoms with Crippen molar-refractivity contribution < 1.29 is 0 Å². The van der Waals surface area contributed by atoms with Crippen LogP contribution in [-0.2, 0) is 0 Å². The average molecular weight is 164 g/mol. The summed E-state index contributed by atoms with van der Waals surface area (Å²) in [7, 11) is 0. The first-order chi connectivity index (χ1) is 5.75. The van der Waals surface area contributed by atoms with Crippen LogP contribution in [0.15, 0.2) is 12.7 Å². The van der Waals surface area contributed by atoms with E-state index in [0.29, 0.717) is 5.92 Å². The Bertz CT molecular complexity index is 204. The van der Waals surface area contributed by atoms with Gasteiger partial charge in [0.2, 0.25) is 0 Å². The van der Waals surface area contributed by atoms with Crippen LogP contribution in [0.1, 0.15) is 26.2 Å². The molecule has 1 N–H and O–H groups in total. The van der Waals surface area contributed by atoms with Gasteiger partial charge in [0.1, 0.15) is 5.54 Å². The first-order valence-corrected chi connectivity index (χ1v) is 4.52. The SMILES string of the molecule is C=CCNC1(C#N)CCCC1C. The Morgan fingerprint density at radius 1 is 1.83 bits per heavy atom. The van der Waals surface area contributed by atoms with Crippen LogP contribution >= 0.6 is 0 Å². The van der Waals surface area contributed by atoms with Crippen molar-refractivity contribution >= 4 is 0 Å². The number of nitrogens with one attached hydrogen (secondary N) is 1. The highest BCUT2D eigenvalue weighted by molar-refractivity contribution is 5.13. The lowest BCUT2D eigenvalue weighted by Crippen LogP contribution is -2.46. The second-order valence-corrected chi connectivity index (χ2v) is 3.55. The van der Waals surface area contributed by atoms with Crippen LogP contribution in [-0.4, -0.2) is 12.1 Å². The van der Waals surface area contributed by atoms with E-state index in [4.69, 9.17) is 5.26 Å². The fraction of sp³-hybridized carbons (Fsp3) is 0.700. The van der Waals surface area contributed by atoms with Gasteiger partial charge in [0, 0.05) is 6.54 Å². The number of nitrogens with zero attached hydrogens (tertiary/aromatic N) is 1. The number of nitriles is 1. The van der Waals surface area contributed by atoms with Gasteiger partial charge in [0.05, 0.1) is 6.07 Å². The summed E-state index contributed by atoms with van der Waals surface area (Å²) in [6, 6.07) is 2.40. The average Bonchev–Trinajstić information content (AvgIpc) is 2.45. The predicted molar refractivity (Wildman–Crippen MR) is 49.6 cm³/mol. The maximum absolute atomic E-state index is 9.07. The number of rotatable bonds is 3. The molecule has 0 bridgehead atoms. The van der Waals surface area contributed by atoms with Gasteiger partial charge >= 0.3 is 0 Å². The Morgan fingerprint density at radius 2 is 2.58 bits per heavy atom. The van der Waals surface area contributed by atoms with E-state index in [-0.39, 0.29) is 5.54 Å². The van der Waals surface area contributed by atoms with E-state index in [1.54, 1.807) is 0 Å². The fourth-order valence-corrected chi connectivity index (χ4v) is 1.90. The molecule has 1 rings (SSSR count). The molecule has 0 aromatic rings. The van der Waals surface area contributed by atoms with E-state index in [1.165, 1.54) is 6.42 Å². The van der Waals surface area contributed by atoms with Crippen molar-refractivity contribution in [1.82, 2.24) is 5.32 Å². The number of hydrogen-bond acceptors (Lipinski definition) is 2. The van der Waals surface area contributed by atoms with Gasteiger partial charge in [-0.3, -0.25) is 5.32 Å². The lowest BCUT2D eigenvalue weighted by molar-refractivity contribution is 0.350. The minimum Gasteiger partial charge on any atom is -0.296 e. The van der Waals surface area contributed by atoms with Crippen LogP contribution < -0.4 is 5.32 Å². The largest absolute Gasteiger partial charge is 0.296 e. The molecule has 0 spiro atoms. The summed E-state index contributed by atoms with van der Waals surface area (Å²) in [6.07, 6.45) is 5.12. The third kappa shape index (κ3) is 1.51. The van der Waals surface area contributed by atoms with E-state index in [0.717, 1.165) is 19.4 Å². The van der Waals surface area contributed by atoms with Crippen LogP contribution in [0.5, 0.6) is 0 Å². The van der Waals surface area contributed by atoms with Crippen molar-refractivity contribution in [2.24, 2.45) is 5.92 Å². The van der Waals surface area contributed by atoms with E-state index in [9.17, 15) is 0 Å². The summed E-state index contributed by atoms with van der Waals surface area (Å²) in [5, 5.41) is 12.3. The highest BCUT2D eigenvalue weighted by atomic mass is 15.0. The van der Waals surface area contributed by atoms with E-state index >= 15 is 0 Å². The molecule has 66 valence electrons. The standard InChI is InChI=1S/C10H16N2/c1-3-7-12-10(8-11)6-4-5-9(10)2/h3,9,12H,1,4-7H2,2H3. The first kappa shape index (κ1) is 9.28. The molecule has 1 fully saturated rings. The number of hydrogen-bond donors (Lipinski definition) is 1. The third-order valence-electron chi connectivity index (χ3n) is 2.81. The van der Waals surface area contributed by atoms with E-state index < -0.39 is 0 Å². The normalized spacial score (nSPS) is 34.5. The van der Waals surface area contributed by atoms with E-state index in [1.807, 2.05) is 6.08 Å². The molecule has 2 nitrogen and oxygen atoms in total. The van der Waals surface area contributed by atoms with Crippen molar-refractivity contribution in [1.29, 1.82) is 5.26 Å². The smallest absolute Gasteiger partial charge is 0.109 e. The van der Waals surface area contributed by atoms with Crippen LogP contribution in [0.25, 0.3) is 0 Å². The molecule has 1 aliphatic carbocycles. The van der Waals surface area contributed by atoms with Crippen LogP contribution in [0.2, 0.25) is 0 Å². The van der Waals surface area contributed by atoms with Gasteiger partial charge in [-0.25, -0.2) is 0 Å². The first-order valence-electron chi connectivity index (χ1n) is 4.52. The molecule has 2 heteroatoms. The van der Waals surface area contributed by atoms with Gasteiger partial charge in [0.15, 0.2) is 0 Å². The molecule has 1 aliphatic rings. The van der Waals surface area contributed by atoms with Crippen molar-refractivity contribution in [2.75, 3.05) is 6.54 Å². The molecule has 2 unspecified atom stereocenters. The van der Waals surface area contributed by atoms with Crippen LogP contribution in [0.4, 0.5) is 0 Å². The Balaban J connectivity index is 2.62. The fourth-order valence-electron chi connectivity index (χ4n) is 1.90. The lowest BCUT2D eigenvalue weighted by atomic mass is 9.90. The predicted octanol–water partition coefficient (Wildman–Crippen LogP) is 1.84. The second-order valence-electron chi connectivity index (χ2n) is 3.55. The monoisotopic (exact) mass is 164 g/mol.